The molecule has 6 heteroatoms. The van der Waals surface area contributed by atoms with Crippen LogP contribution in [0.4, 0.5) is 0 Å². The second kappa shape index (κ2) is 6.42. The van der Waals surface area contributed by atoms with Crippen molar-refractivity contribution in [1.29, 1.82) is 0 Å². The van der Waals surface area contributed by atoms with Gasteiger partial charge in [0.05, 0.1) is 0 Å². The second-order valence-corrected chi connectivity index (χ2v) is 2.94. The molecule has 1 N–H and O–H groups in total. The Labute approximate surface area is 94.5 Å². The molecular formula is C9H15ClN2O3. The summed E-state index contributed by atoms with van der Waals surface area (Å²) < 4.78 is 6.70. The topological polar surface area (TPSA) is 64.3 Å². The molecule has 1 atom stereocenters. The summed E-state index contributed by atoms with van der Waals surface area (Å²) >= 11 is 0. The van der Waals surface area contributed by atoms with Crippen LogP contribution >= 0.6 is 12.4 Å². The maximum atomic E-state index is 10.9. The van der Waals surface area contributed by atoms with Crippen molar-refractivity contribution in [3.05, 3.63) is 18.2 Å². The minimum atomic E-state index is -1.00. The molecule has 0 aromatic carbocycles. The maximum absolute atomic E-state index is 10.9. The first-order valence-corrected chi connectivity index (χ1v) is 4.50. The zero-order chi connectivity index (χ0) is 10.6. The molecule has 1 rings (SSSR count). The van der Waals surface area contributed by atoms with Crippen molar-refractivity contribution >= 4 is 18.4 Å². The van der Waals surface area contributed by atoms with Gasteiger partial charge in [0, 0.05) is 19.0 Å². The zero-order valence-electron chi connectivity index (χ0n) is 8.71. The Balaban J connectivity index is 0.00000196. The van der Waals surface area contributed by atoms with Crippen molar-refractivity contribution in [2.45, 2.75) is 26.5 Å². The number of aromatic nitrogens is 2. The van der Waals surface area contributed by atoms with Crippen LogP contribution in [-0.2, 0) is 9.53 Å². The molecule has 0 amide bonds. The highest BCUT2D eigenvalue weighted by Crippen LogP contribution is 2.11. The third kappa shape index (κ3) is 3.53. The van der Waals surface area contributed by atoms with Crippen molar-refractivity contribution < 1.29 is 14.6 Å². The predicted octanol–water partition coefficient (Wildman–Crippen LogP) is 1.62. The van der Waals surface area contributed by atoms with Gasteiger partial charge < -0.3 is 9.84 Å². The third-order valence-corrected chi connectivity index (χ3v) is 1.81. The molecule has 0 aliphatic rings. The Bertz CT molecular complexity index is 314. The van der Waals surface area contributed by atoms with Gasteiger partial charge in [-0.1, -0.05) is 6.92 Å². The summed E-state index contributed by atoms with van der Waals surface area (Å²) in [4.78, 5) is 14.8. The monoisotopic (exact) mass is 234 g/mol. The largest absolute Gasteiger partial charge is 0.478 e. The Morgan fingerprint density at radius 2 is 2.40 bits per heavy atom. The van der Waals surface area contributed by atoms with Crippen LogP contribution in [0.25, 0.3) is 0 Å². The normalized spacial score (nSPS) is 11.9. The lowest BCUT2D eigenvalue weighted by Gasteiger charge is -2.15. The number of hydrogen-bond acceptors (Lipinski definition) is 3. The fourth-order valence-corrected chi connectivity index (χ4v) is 1.14. The van der Waals surface area contributed by atoms with Gasteiger partial charge in [0.25, 0.3) is 0 Å². The minimum Gasteiger partial charge on any atom is -0.478 e. The first-order valence-electron chi connectivity index (χ1n) is 4.50. The number of carbonyl (C=O) groups is 1. The minimum absolute atomic E-state index is 0. The first-order chi connectivity index (χ1) is 6.66. The molecule has 5 nitrogen and oxygen atoms in total. The van der Waals surface area contributed by atoms with Crippen LogP contribution in [0.5, 0.6) is 0 Å². The molecule has 0 bridgehead atoms. The van der Waals surface area contributed by atoms with Gasteiger partial charge in [0.15, 0.2) is 0 Å². The molecule has 0 aliphatic heterocycles. The Morgan fingerprint density at radius 3 is 2.80 bits per heavy atom. The molecule has 0 radical (unpaired) electrons. The third-order valence-electron chi connectivity index (χ3n) is 1.81. The molecule has 0 aliphatic carbocycles. The quantitative estimate of drug-likeness (QED) is 0.841. The van der Waals surface area contributed by atoms with Gasteiger partial charge >= 0.3 is 5.97 Å². The summed E-state index contributed by atoms with van der Waals surface area (Å²) in [6.45, 7) is 4.10. The number of ether oxygens (including phenoxy) is 1. The van der Waals surface area contributed by atoms with E-state index in [1.807, 2.05) is 6.92 Å². The molecule has 0 saturated carbocycles. The van der Waals surface area contributed by atoms with Crippen LogP contribution in [0.1, 0.15) is 25.4 Å². The zero-order valence-corrected chi connectivity index (χ0v) is 9.53. The molecule has 1 heterocycles. The lowest BCUT2D eigenvalue weighted by molar-refractivity contribution is -0.157. The van der Waals surface area contributed by atoms with E-state index < -0.39 is 12.2 Å². The van der Waals surface area contributed by atoms with Crippen LogP contribution < -0.4 is 0 Å². The van der Waals surface area contributed by atoms with E-state index in [9.17, 15) is 4.79 Å². The van der Waals surface area contributed by atoms with Gasteiger partial charge in [-0.05, 0) is 13.3 Å². The van der Waals surface area contributed by atoms with Gasteiger partial charge in [0.1, 0.15) is 5.82 Å². The Morgan fingerprint density at radius 1 is 1.73 bits per heavy atom. The number of aryl methyl sites for hydroxylation is 1. The van der Waals surface area contributed by atoms with Crippen LogP contribution in [0.3, 0.4) is 0 Å². The van der Waals surface area contributed by atoms with Gasteiger partial charge in [-0.15, -0.1) is 12.4 Å². The van der Waals surface area contributed by atoms with Crippen molar-refractivity contribution in [2.24, 2.45) is 0 Å². The smallest absolute Gasteiger partial charge is 0.354 e. The molecule has 0 spiro atoms. The molecule has 0 fully saturated rings. The lowest BCUT2D eigenvalue weighted by atomic mass is 10.5. The van der Waals surface area contributed by atoms with E-state index in [1.54, 1.807) is 19.3 Å². The van der Waals surface area contributed by atoms with E-state index in [4.69, 9.17) is 9.84 Å². The van der Waals surface area contributed by atoms with Gasteiger partial charge in [0.2, 0.25) is 6.23 Å². The number of carboxylic acid groups (broad SMARTS) is 1. The lowest BCUT2D eigenvalue weighted by Crippen LogP contribution is -2.23. The number of hydrogen-bond donors (Lipinski definition) is 1. The highest BCUT2D eigenvalue weighted by Gasteiger charge is 2.20. The first kappa shape index (κ1) is 13.9. The highest BCUT2D eigenvalue weighted by molar-refractivity contribution is 5.85. The van der Waals surface area contributed by atoms with E-state index >= 15 is 0 Å². The fraction of sp³-hybridized carbons (Fsp3) is 0.556. The van der Waals surface area contributed by atoms with Crippen molar-refractivity contribution in [2.75, 3.05) is 6.61 Å². The fourth-order valence-electron chi connectivity index (χ4n) is 1.14. The van der Waals surface area contributed by atoms with Crippen LogP contribution in [0, 0.1) is 6.92 Å². The average molecular weight is 235 g/mol. The molecule has 0 saturated heterocycles. The van der Waals surface area contributed by atoms with Gasteiger partial charge in [-0.2, -0.15) is 0 Å². The van der Waals surface area contributed by atoms with Gasteiger partial charge in [-0.25, -0.2) is 9.78 Å². The van der Waals surface area contributed by atoms with E-state index in [2.05, 4.69) is 4.98 Å². The van der Waals surface area contributed by atoms with E-state index in [1.165, 1.54) is 4.57 Å². The second-order valence-electron chi connectivity index (χ2n) is 2.94. The summed E-state index contributed by atoms with van der Waals surface area (Å²) in [5.41, 5.74) is 0. The number of aliphatic carboxylic acids is 1. The summed E-state index contributed by atoms with van der Waals surface area (Å²) in [6.07, 6.45) is 2.99. The SMILES string of the molecule is CCCOC(C(=O)O)n1ccnc1C.Cl. The summed E-state index contributed by atoms with van der Waals surface area (Å²) in [5, 5.41) is 8.92. The molecule has 86 valence electrons. The molecule has 1 aromatic heterocycles. The number of rotatable bonds is 5. The molecule has 1 unspecified atom stereocenters. The van der Waals surface area contributed by atoms with Crippen molar-refractivity contribution in [1.82, 2.24) is 9.55 Å². The molecule has 15 heavy (non-hydrogen) atoms. The maximum Gasteiger partial charge on any atom is 0.354 e. The summed E-state index contributed by atoms with van der Waals surface area (Å²) in [7, 11) is 0. The van der Waals surface area contributed by atoms with Crippen LogP contribution in [0.2, 0.25) is 0 Å². The van der Waals surface area contributed by atoms with Crippen molar-refractivity contribution in [3.8, 4) is 0 Å². The number of imidazole rings is 1. The number of nitrogens with zero attached hydrogens (tertiary/aromatic N) is 2. The van der Waals surface area contributed by atoms with Crippen LogP contribution in [-0.4, -0.2) is 27.2 Å². The van der Waals surface area contributed by atoms with Crippen LogP contribution in [0.15, 0.2) is 12.4 Å². The average Bonchev–Trinajstić information content (AvgIpc) is 2.52. The highest BCUT2D eigenvalue weighted by atomic mass is 35.5. The van der Waals surface area contributed by atoms with E-state index in [-0.39, 0.29) is 12.4 Å². The standard InChI is InChI=1S/C9H14N2O3.ClH/c1-3-6-14-8(9(12)13)11-5-4-10-7(11)2;/h4-5,8H,3,6H2,1-2H3,(H,12,13);1H. The summed E-state index contributed by atoms with van der Waals surface area (Å²) in [5.74, 6) is -0.368. The van der Waals surface area contributed by atoms with Gasteiger partial charge in [-0.3, -0.25) is 4.57 Å². The number of carboxylic acids is 1. The molecule has 1 aromatic rings. The Kier molecular flexibility index (Phi) is 5.96. The van der Waals surface area contributed by atoms with Crippen molar-refractivity contribution in [3.63, 3.8) is 0 Å². The number of halogens is 1. The van der Waals surface area contributed by atoms with E-state index in [0.717, 1.165) is 6.42 Å². The Hall–Kier alpha value is -1.07. The summed E-state index contributed by atoms with van der Waals surface area (Å²) in [6, 6.07) is 0. The van der Waals surface area contributed by atoms with E-state index in [0.29, 0.717) is 12.4 Å². The molecular weight excluding hydrogens is 220 g/mol. The predicted molar refractivity (Wildman–Crippen MR) is 57.1 cm³/mol.